The Bertz CT molecular complexity index is 101. The van der Waals surface area contributed by atoms with Gasteiger partial charge in [-0.2, -0.15) is 0 Å². The van der Waals surface area contributed by atoms with Crippen LogP contribution in [0.1, 0.15) is 45.4 Å². The number of piperidine rings is 2. The van der Waals surface area contributed by atoms with Crippen LogP contribution in [0.4, 0.5) is 0 Å². The van der Waals surface area contributed by atoms with Gasteiger partial charge in [0, 0.05) is 11.4 Å². The van der Waals surface area contributed by atoms with Gasteiger partial charge in [0.25, 0.3) is 0 Å². The van der Waals surface area contributed by atoms with Gasteiger partial charge >= 0.3 is 0 Å². The van der Waals surface area contributed by atoms with E-state index in [1.165, 1.54) is 51.6 Å². The van der Waals surface area contributed by atoms with Crippen LogP contribution in [0.15, 0.2) is 0 Å². The molecule has 2 aliphatic rings. The summed E-state index contributed by atoms with van der Waals surface area (Å²) in [6.45, 7) is 4.83. The molecule has 0 bridgehead atoms. The minimum absolute atomic E-state index is 0.988. The van der Waals surface area contributed by atoms with E-state index in [2.05, 4.69) is 20.8 Å². The SMILES string of the molecule is C1CCN2CCCCC2C1.CCBr. The van der Waals surface area contributed by atoms with Crippen LogP contribution in [0.5, 0.6) is 0 Å². The first-order valence-corrected chi connectivity index (χ1v) is 6.80. The Morgan fingerprint density at radius 3 is 1.92 bits per heavy atom. The molecule has 2 rings (SSSR count). The maximum atomic E-state index is 3.15. The van der Waals surface area contributed by atoms with Crippen molar-refractivity contribution in [1.29, 1.82) is 0 Å². The standard InChI is InChI=1S/C9H17N.C2H5Br/c1-3-7-10-8-4-2-6-9(10)5-1;1-2-3/h9H,1-8H2;2H2,1H3. The summed E-state index contributed by atoms with van der Waals surface area (Å²) < 4.78 is 0. The van der Waals surface area contributed by atoms with Crippen LogP contribution >= 0.6 is 15.9 Å². The lowest BCUT2D eigenvalue weighted by atomic mass is 9.93. The highest BCUT2D eigenvalue weighted by atomic mass is 79.9. The number of alkyl halides is 1. The second kappa shape index (κ2) is 6.83. The Labute approximate surface area is 91.0 Å². The molecule has 0 saturated carbocycles. The van der Waals surface area contributed by atoms with Gasteiger partial charge in [0.2, 0.25) is 0 Å². The van der Waals surface area contributed by atoms with Crippen molar-refractivity contribution < 1.29 is 0 Å². The Kier molecular flexibility index (Phi) is 6.05. The summed E-state index contributed by atoms with van der Waals surface area (Å²) in [7, 11) is 0. The number of hydrogen-bond acceptors (Lipinski definition) is 1. The molecule has 0 spiro atoms. The quantitative estimate of drug-likeness (QED) is 0.594. The first-order chi connectivity index (χ1) is 6.38. The van der Waals surface area contributed by atoms with Gasteiger partial charge in [0.15, 0.2) is 0 Å². The van der Waals surface area contributed by atoms with Gasteiger partial charge in [-0.25, -0.2) is 0 Å². The molecule has 0 unspecified atom stereocenters. The normalized spacial score (nSPS) is 24.5. The molecule has 2 heterocycles. The number of fused-ring (bicyclic) bond motifs is 1. The molecule has 0 radical (unpaired) electrons. The lowest BCUT2D eigenvalue weighted by Crippen LogP contribution is -2.42. The number of rotatable bonds is 0. The lowest BCUT2D eigenvalue weighted by molar-refractivity contribution is 0.109. The summed E-state index contributed by atoms with van der Waals surface area (Å²) in [6, 6.07) is 0.988. The van der Waals surface area contributed by atoms with Crippen molar-refractivity contribution in [2.45, 2.75) is 51.5 Å². The van der Waals surface area contributed by atoms with E-state index in [0.717, 1.165) is 11.4 Å². The van der Waals surface area contributed by atoms with E-state index in [-0.39, 0.29) is 0 Å². The van der Waals surface area contributed by atoms with E-state index in [9.17, 15) is 0 Å². The molecule has 1 nitrogen and oxygen atoms in total. The molecule has 0 aromatic carbocycles. The minimum Gasteiger partial charge on any atom is -0.300 e. The molecule has 0 N–H and O–H groups in total. The van der Waals surface area contributed by atoms with Crippen LogP contribution in [-0.4, -0.2) is 29.4 Å². The van der Waals surface area contributed by atoms with Crippen LogP contribution in [-0.2, 0) is 0 Å². The molecule has 2 heteroatoms. The fourth-order valence-electron chi connectivity index (χ4n) is 2.38. The highest BCUT2D eigenvalue weighted by Gasteiger charge is 2.24. The van der Waals surface area contributed by atoms with Crippen molar-refractivity contribution in [3.63, 3.8) is 0 Å². The Morgan fingerprint density at radius 1 is 1.08 bits per heavy atom. The molecule has 0 aromatic rings. The van der Waals surface area contributed by atoms with E-state index in [4.69, 9.17) is 0 Å². The van der Waals surface area contributed by atoms with Gasteiger partial charge in [0.1, 0.15) is 0 Å². The second-order valence-corrected chi connectivity index (χ2v) is 5.07. The predicted octanol–water partition coefficient (Wildman–Crippen LogP) is 3.43. The van der Waals surface area contributed by atoms with Crippen LogP contribution in [0.2, 0.25) is 0 Å². The van der Waals surface area contributed by atoms with Gasteiger partial charge in [0.05, 0.1) is 0 Å². The van der Waals surface area contributed by atoms with Gasteiger partial charge in [-0.3, -0.25) is 0 Å². The van der Waals surface area contributed by atoms with E-state index in [0.29, 0.717) is 0 Å². The molecule has 0 aromatic heterocycles. The third kappa shape index (κ3) is 3.99. The maximum Gasteiger partial charge on any atom is 0.00952 e. The van der Waals surface area contributed by atoms with Crippen molar-refractivity contribution in [2.24, 2.45) is 0 Å². The van der Waals surface area contributed by atoms with Gasteiger partial charge in [-0.05, 0) is 38.8 Å². The summed E-state index contributed by atoms with van der Waals surface area (Å²) in [6.07, 6.45) is 8.86. The van der Waals surface area contributed by atoms with Crippen LogP contribution in [0.25, 0.3) is 0 Å². The molecule has 2 saturated heterocycles. The second-order valence-electron chi connectivity index (χ2n) is 3.95. The molecular formula is C11H22BrN. The van der Waals surface area contributed by atoms with Gasteiger partial charge in [-0.1, -0.05) is 35.7 Å². The van der Waals surface area contributed by atoms with Crippen LogP contribution in [0, 0.1) is 0 Å². The summed E-state index contributed by atoms with van der Waals surface area (Å²) >= 11 is 3.15. The molecule has 0 amide bonds. The summed E-state index contributed by atoms with van der Waals surface area (Å²) in [4.78, 5) is 2.70. The lowest BCUT2D eigenvalue weighted by Gasteiger charge is -2.39. The molecule has 78 valence electrons. The zero-order chi connectivity index (χ0) is 9.52. The molecule has 0 aliphatic carbocycles. The summed E-state index contributed by atoms with van der Waals surface area (Å²) in [5.41, 5.74) is 0. The van der Waals surface area contributed by atoms with Crippen molar-refractivity contribution in [3.05, 3.63) is 0 Å². The zero-order valence-electron chi connectivity index (χ0n) is 8.77. The third-order valence-electron chi connectivity index (χ3n) is 2.98. The van der Waals surface area contributed by atoms with E-state index in [1.807, 2.05) is 6.92 Å². The minimum atomic E-state index is 0.988. The first kappa shape index (κ1) is 11.5. The summed E-state index contributed by atoms with van der Waals surface area (Å²) in [5.74, 6) is 0. The molecule has 2 fully saturated rings. The highest BCUT2D eigenvalue weighted by molar-refractivity contribution is 9.09. The van der Waals surface area contributed by atoms with Crippen molar-refractivity contribution in [3.8, 4) is 0 Å². The molecule has 13 heavy (non-hydrogen) atoms. The van der Waals surface area contributed by atoms with Gasteiger partial charge in [-0.15, -0.1) is 0 Å². The fourth-order valence-corrected chi connectivity index (χ4v) is 2.38. The predicted molar refractivity (Wildman–Crippen MR) is 62.5 cm³/mol. The Morgan fingerprint density at radius 2 is 1.54 bits per heavy atom. The maximum absolute atomic E-state index is 3.15. The third-order valence-corrected chi connectivity index (χ3v) is 2.98. The highest BCUT2D eigenvalue weighted by Crippen LogP contribution is 2.25. The number of hydrogen-bond donors (Lipinski definition) is 0. The topological polar surface area (TPSA) is 3.24 Å². The number of halogens is 1. The van der Waals surface area contributed by atoms with Crippen molar-refractivity contribution in [2.75, 3.05) is 18.4 Å². The Balaban J connectivity index is 0.000000251. The van der Waals surface area contributed by atoms with Crippen molar-refractivity contribution >= 4 is 15.9 Å². The van der Waals surface area contributed by atoms with E-state index < -0.39 is 0 Å². The van der Waals surface area contributed by atoms with Crippen molar-refractivity contribution in [1.82, 2.24) is 4.90 Å². The number of nitrogens with zero attached hydrogens (tertiary/aromatic N) is 1. The molecule has 0 atom stereocenters. The largest absolute Gasteiger partial charge is 0.300 e. The van der Waals surface area contributed by atoms with Gasteiger partial charge < -0.3 is 4.90 Å². The zero-order valence-corrected chi connectivity index (χ0v) is 10.4. The monoisotopic (exact) mass is 247 g/mol. The van der Waals surface area contributed by atoms with Crippen LogP contribution < -0.4 is 0 Å². The first-order valence-electron chi connectivity index (χ1n) is 5.68. The summed E-state index contributed by atoms with van der Waals surface area (Å²) in [5, 5.41) is 1.06. The molecular weight excluding hydrogens is 226 g/mol. The van der Waals surface area contributed by atoms with E-state index in [1.54, 1.807) is 0 Å². The smallest absolute Gasteiger partial charge is 0.00952 e. The fraction of sp³-hybridized carbons (Fsp3) is 1.00. The van der Waals surface area contributed by atoms with Crippen LogP contribution in [0.3, 0.4) is 0 Å². The van der Waals surface area contributed by atoms with E-state index >= 15 is 0 Å². The molecule has 2 aliphatic heterocycles. The average Bonchev–Trinajstić information content (AvgIpc) is 2.19. The Hall–Kier alpha value is 0.440. The average molecular weight is 248 g/mol.